The molecule has 0 unspecified atom stereocenters. The van der Waals surface area contributed by atoms with Crippen LogP contribution in [0.25, 0.3) is 0 Å². The first-order chi connectivity index (χ1) is 3.55. The number of nitrogens with zero attached hydrogens (tertiary/aromatic N) is 1. The van der Waals surface area contributed by atoms with E-state index in [0.717, 1.165) is 0 Å². The molecule has 0 fully saturated rings. The minimum Gasteiger partial charge on any atom is -0.350 e. The maximum absolute atomic E-state index is 11.7. The van der Waals surface area contributed by atoms with Crippen LogP contribution in [0.2, 0.25) is 0 Å². The van der Waals surface area contributed by atoms with Crippen molar-refractivity contribution in [3.05, 3.63) is 12.0 Å². The smallest absolute Gasteiger partial charge is 0.322 e. The Kier molecular flexibility index (Phi) is 2.37. The maximum Gasteiger partial charge on any atom is 0.322 e. The van der Waals surface area contributed by atoms with Gasteiger partial charge in [-0.2, -0.15) is 13.2 Å². The van der Waals surface area contributed by atoms with Gasteiger partial charge < -0.3 is 4.90 Å². The molecule has 0 aromatic carbocycles. The molecule has 0 aromatic heterocycles. The Hall–Kier alpha value is -0.670. The minimum atomic E-state index is -2.28. The first-order valence-electron chi connectivity index (χ1n) is 1.93. The predicted octanol–water partition coefficient (Wildman–Crippen LogP) is 1.58. The van der Waals surface area contributed by atoms with Crippen molar-refractivity contribution in [2.45, 2.75) is 0 Å². The van der Waals surface area contributed by atoms with E-state index < -0.39 is 12.0 Å². The molecule has 48 valence electrons. The summed E-state index contributed by atoms with van der Waals surface area (Å²) in [6.07, 6.45) is -2.28. The summed E-state index contributed by atoms with van der Waals surface area (Å²) in [6.45, 7) is 0. The quantitative estimate of drug-likeness (QED) is 0.481. The zero-order valence-electron chi connectivity index (χ0n) is 4.58. The second-order valence-electron chi connectivity index (χ2n) is 1.45. The molecule has 0 atom stereocenters. The van der Waals surface area contributed by atoms with E-state index in [1.165, 1.54) is 14.1 Å². The highest BCUT2D eigenvalue weighted by molar-refractivity contribution is 4.87. The van der Waals surface area contributed by atoms with E-state index >= 15 is 0 Å². The van der Waals surface area contributed by atoms with Crippen molar-refractivity contribution in [3.63, 3.8) is 0 Å². The van der Waals surface area contributed by atoms with Crippen LogP contribution in [-0.2, 0) is 0 Å². The van der Waals surface area contributed by atoms with Gasteiger partial charge in [-0.15, -0.1) is 0 Å². The van der Waals surface area contributed by atoms with Crippen molar-refractivity contribution < 1.29 is 13.2 Å². The minimum absolute atomic E-state index is 0.704. The Morgan fingerprint density at radius 1 is 1.12 bits per heavy atom. The van der Waals surface area contributed by atoms with Gasteiger partial charge in [0.25, 0.3) is 5.95 Å². The summed E-state index contributed by atoms with van der Waals surface area (Å²) < 4.78 is 34.0. The van der Waals surface area contributed by atoms with Gasteiger partial charge in [-0.1, -0.05) is 0 Å². The second-order valence-corrected chi connectivity index (χ2v) is 1.45. The highest BCUT2D eigenvalue weighted by Gasteiger charge is 2.04. The first-order valence-corrected chi connectivity index (χ1v) is 1.93. The van der Waals surface area contributed by atoms with E-state index in [2.05, 4.69) is 0 Å². The summed E-state index contributed by atoms with van der Waals surface area (Å²) >= 11 is 0. The van der Waals surface area contributed by atoms with Crippen LogP contribution in [0.3, 0.4) is 0 Å². The molecule has 0 aliphatic carbocycles. The Morgan fingerprint density at radius 3 is 1.50 bits per heavy atom. The SMILES string of the molecule is CN(C)C(F)=C(F)F. The molecule has 0 N–H and O–H groups in total. The molecular weight excluding hydrogens is 119 g/mol. The summed E-state index contributed by atoms with van der Waals surface area (Å²) in [4.78, 5) is 0.704. The van der Waals surface area contributed by atoms with E-state index in [9.17, 15) is 13.2 Å². The standard InChI is InChI=1S/C4H6F3N/c1-8(2)4(7)3(5)6/h1-2H3. The third kappa shape index (κ3) is 1.86. The zero-order chi connectivity index (χ0) is 6.73. The lowest BCUT2D eigenvalue weighted by Gasteiger charge is -2.05. The third-order valence-electron chi connectivity index (χ3n) is 0.549. The van der Waals surface area contributed by atoms with Gasteiger partial charge in [-0.3, -0.25) is 0 Å². The normalized spacial score (nSPS) is 8.62. The van der Waals surface area contributed by atoms with Crippen LogP contribution in [0.1, 0.15) is 0 Å². The molecule has 0 bridgehead atoms. The van der Waals surface area contributed by atoms with E-state index in [0.29, 0.717) is 4.90 Å². The van der Waals surface area contributed by atoms with Gasteiger partial charge >= 0.3 is 6.08 Å². The lowest BCUT2D eigenvalue weighted by Crippen LogP contribution is -2.07. The van der Waals surface area contributed by atoms with Crippen LogP contribution in [0.5, 0.6) is 0 Å². The number of rotatable bonds is 1. The summed E-state index contributed by atoms with van der Waals surface area (Å²) in [5.41, 5.74) is 0. The van der Waals surface area contributed by atoms with Gasteiger partial charge in [0.15, 0.2) is 0 Å². The van der Waals surface area contributed by atoms with Crippen molar-refractivity contribution in [2.75, 3.05) is 14.1 Å². The number of hydrogen-bond acceptors (Lipinski definition) is 1. The Bertz CT molecular complexity index is 104. The third-order valence-corrected chi connectivity index (χ3v) is 0.549. The number of halogens is 3. The fourth-order valence-corrected chi connectivity index (χ4v) is 0.169. The molecule has 0 aromatic rings. The van der Waals surface area contributed by atoms with E-state index in [4.69, 9.17) is 0 Å². The molecule has 0 aliphatic rings. The van der Waals surface area contributed by atoms with Gasteiger partial charge in [-0.05, 0) is 0 Å². The van der Waals surface area contributed by atoms with Crippen molar-refractivity contribution in [1.29, 1.82) is 0 Å². The highest BCUT2D eigenvalue weighted by atomic mass is 19.3. The van der Waals surface area contributed by atoms with Crippen LogP contribution in [0.15, 0.2) is 12.0 Å². The maximum atomic E-state index is 11.7. The Balaban J connectivity index is 4.00. The molecular formula is C4H6F3N. The molecule has 0 rings (SSSR count). The second kappa shape index (κ2) is 2.59. The fourth-order valence-electron chi connectivity index (χ4n) is 0.169. The molecule has 0 radical (unpaired) electrons. The van der Waals surface area contributed by atoms with Crippen LogP contribution < -0.4 is 0 Å². The van der Waals surface area contributed by atoms with E-state index in [1.807, 2.05) is 0 Å². The molecule has 8 heavy (non-hydrogen) atoms. The monoisotopic (exact) mass is 125 g/mol. The molecule has 0 aliphatic heterocycles. The van der Waals surface area contributed by atoms with Gasteiger partial charge in [-0.25, -0.2) is 0 Å². The summed E-state index contributed by atoms with van der Waals surface area (Å²) in [5, 5.41) is 0. The summed E-state index contributed by atoms with van der Waals surface area (Å²) in [6, 6.07) is 0. The molecule has 0 saturated carbocycles. The van der Waals surface area contributed by atoms with Gasteiger partial charge in [0, 0.05) is 14.1 Å². The predicted molar refractivity (Wildman–Crippen MR) is 24.0 cm³/mol. The first kappa shape index (κ1) is 7.33. The lowest BCUT2D eigenvalue weighted by atomic mass is 10.8. The van der Waals surface area contributed by atoms with Crippen molar-refractivity contribution in [2.24, 2.45) is 0 Å². The van der Waals surface area contributed by atoms with Crippen LogP contribution >= 0.6 is 0 Å². The highest BCUT2D eigenvalue weighted by Crippen LogP contribution is 2.09. The summed E-state index contributed by atoms with van der Waals surface area (Å²) in [7, 11) is 2.41. The van der Waals surface area contributed by atoms with E-state index in [-0.39, 0.29) is 0 Å². The average Bonchev–Trinajstić information content (AvgIpc) is 1.64. The van der Waals surface area contributed by atoms with Crippen LogP contribution in [0, 0.1) is 0 Å². The van der Waals surface area contributed by atoms with Crippen molar-refractivity contribution in [1.82, 2.24) is 4.90 Å². The summed E-state index contributed by atoms with van der Waals surface area (Å²) in [5.74, 6) is -1.48. The van der Waals surface area contributed by atoms with Gasteiger partial charge in [0.2, 0.25) is 0 Å². The number of hydrogen-bond donors (Lipinski definition) is 0. The molecule has 4 heteroatoms. The fraction of sp³-hybridized carbons (Fsp3) is 0.500. The average molecular weight is 125 g/mol. The Labute approximate surface area is 45.4 Å². The molecule has 0 saturated heterocycles. The van der Waals surface area contributed by atoms with Crippen LogP contribution in [0.4, 0.5) is 13.2 Å². The topological polar surface area (TPSA) is 3.24 Å². The zero-order valence-corrected chi connectivity index (χ0v) is 4.58. The van der Waals surface area contributed by atoms with E-state index in [1.54, 1.807) is 0 Å². The Morgan fingerprint density at radius 2 is 1.50 bits per heavy atom. The van der Waals surface area contributed by atoms with Crippen molar-refractivity contribution in [3.8, 4) is 0 Å². The van der Waals surface area contributed by atoms with Crippen LogP contribution in [-0.4, -0.2) is 19.0 Å². The lowest BCUT2D eigenvalue weighted by molar-refractivity contribution is 0.291. The molecule has 1 nitrogen and oxygen atoms in total. The molecule has 0 spiro atoms. The van der Waals surface area contributed by atoms with Crippen molar-refractivity contribution >= 4 is 0 Å². The van der Waals surface area contributed by atoms with Gasteiger partial charge in [0.05, 0.1) is 0 Å². The molecule has 0 amide bonds. The molecule has 0 heterocycles. The largest absolute Gasteiger partial charge is 0.350 e. The van der Waals surface area contributed by atoms with Gasteiger partial charge in [0.1, 0.15) is 0 Å².